The lowest BCUT2D eigenvalue weighted by Gasteiger charge is -2.11. The van der Waals surface area contributed by atoms with Crippen molar-refractivity contribution in [3.63, 3.8) is 0 Å². The Kier molecular flexibility index (Phi) is 5.48. The fourth-order valence-electron chi connectivity index (χ4n) is 2.48. The molecule has 138 valence electrons. The van der Waals surface area contributed by atoms with Crippen LogP contribution in [0.25, 0.3) is 0 Å². The summed E-state index contributed by atoms with van der Waals surface area (Å²) in [6, 6.07) is 19.7. The van der Waals surface area contributed by atoms with Crippen LogP contribution in [0.4, 0.5) is 11.4 Å². The first-order valence-corrected chi connectivity index (χ1v) is 9.97. The van der Waals surface area contributed by atoms with Crippen molar-refractivity contribution in [2.24, 2.45) is 0 Å². The number of nitrogens with one attached hydrogen (secondary N) is 2. The van der Waals surface area contributed by atoms with Gasteiger partial charge in [0.1, 0.15) is 0 Å². The highest BCUT2D eigenvalue weighted by atomic mass is 35.5. The average Bonchev–Trinajstić information content (AvgIpc) is 2.64. The summed E-state index contributed by atoms with van der Waals surface area (Å²) in [4.78, 5) is 12.4. The summed E-state index contributed by atoms with van der Waals surface area (Å²) < 4.78 is 27.7. The lowest BCUT2D eigenvalue weighted by Crippen LogP contribution is -2.16. The summed E-state index contributed by atoms with van der Waals surface area (Å²) in [6.07, 6.45) is 0. The summed E-state index contributed by atoms with van der Waals surface area (Å²) in [5, 5.41) is 3.05. The molecule has 3 aromatic rings. The van der Waals surface area contributed by atoms with Gasteiger partial charge >= 0.3 is 0 Å². The molecule has 0 aromatic heterocycles. The molecule has 0 atom stereocenters. The third-order valence-corrected chi connectivity index (χ3v) is 5.49. The highest BCUT2D eigenvalue weighted by molar-refractivity contribution is 7.92. The molecule has 0 saturated carbocycles. The number of carbonyl (C=O) groups excluding carboxylic acids is 1. The van der Waals surface area contributed by atoms with Crippen LogP contribution < -0.4 is 10.0 Å². The Labute approximate surface area is 163 Å². The van der Waals surface area contributed by atoms with E-state index in [4.69, 9.17) is 11.6 Å². The first-order valence-electron chi connectivity index (χ1n) is 8.10. The zero-order valence-electron chi connectivity index (χ0n) is 14.4. The minimum Gasteiger partial charge on any atom is -0.322 e. The molecule has 0 saturated heterocycles. The normalized spacial score (nSPS) is 11.0. The van der Waals surface area contributed by atoms with Crippen LogP contribution in [-0.2, 0) is 10.0 Å². The molecule has 0 bridgehead atoms. The highest BCUT2D eigenvalue weighted by Crippen LogP contribution is 2.24. The number of amides is 1. The van der Waals surface area contributed by atoms with Gasteiger partial charge in [0, 0.05) is 11.3 Å². The average molecular weight is 401 g/mol. The zero-order valence-corrected chi connectivity index (χ0v) is 16.0. The van der Waals surface area contributed by atoms with Crippen LogP contribution in [0.2, 0.25) is 5.02 Å². The van der Waals surface area contributed by atoms with E-state index in [9.17, 15) is 13.2 Å². The van der Waals surface area contributed by atoms with Crippen LogP contribution in [-0.4, -0.2) is 14.3 Å². The minimum atomic E-state index is -3.89. The Balaban J connectivity index is 1.84. The lowest BCUT2D eigenvalue weighted by molar-refractivity contribution is 0.102. The van der Waals surface area contributed by atoms with E-state index >= 15 is 0 Å². The smallest absolute Gasteiger partial charge is 0.261 e. The molecule has 0 heterocycles. The molecule has 0 aliphatic rings. The van der Waals surface area contributed by atoms with Gasteiger partial charge in [-0.1, -0.05) is 41.9 Å². The van der Waals surface area contributed by atoms with E-state index in [0.717, 1.165) is 5.56 Å². The molecule has 3 aromatic carbocycles. The summed E-state index contributed by atoms with van der Waals surface area (Å²) in [7, 11) is -3.89. The number of rotatable bonds is 5. The number of aryl methyl sites for hydroxylation is 1. The molecule has 5 nitrogen and oxygen atoms in total. The molecule has 0 radical (unpaired) electrons. The molecule has 0 spiro atoms. The fraction of sp³-hybridized carbons (Fsp3) is 0.0500. The number of hydrogen-bond donors (Lipinski definition) is 2. The quantitative estimate of drug-likeness (QED) is 0.651. The molecule has 0 aliphatic heterocycles. The van der Waals surface area contributed by atoms with Crippen LogP contribution >= 0.6 is 11.6 Å². The molecule has 0 fully saturated rings. The van der Waals surface area contributed by atoms with Crippen molar-refractivity contribution in [2.75, 3.05) is 10.0 Å². The molecule has 0 unspecified atom stereocenters. The number of sulfonamides is 1. The first-order chi connectivity index (χ1) is 12.8. The highest BCUT2D eigenvalue weighted by Gasteiger charge is 2.17. The van der Waals surface area contributed by atoms with Gasteiger partial charge in [-0.15, -0.1) is 0 Å². The van der Waals surface area contributed by atoms with Gasteiger partial charge in [0.25, 0.3) is 15.9 Å². The van der Waals surface area contributed by atoms with Gasteiger partial charge in [-0.2, -0.15) is 0 Å². The van der Waals surface area contributed by atoms with E-state index in [2.05, 4.69) is 10.0 Å². The van der Waals surface area contributed by atoms with Gasteiger partial charge in [0.15, 0.2) is 0 Å². The van der Waals surface area contributed by atoms with Crippen molar-refractivity contribution >= 4 is 38.9 Å². The molecular weight excluding hydrogens is 384 g/mol. The van der Waals surface area contributed by atoms with Crippen LogP contribution in [0.5, 0.6) is 0 Å². The Morgan fingerprint density at radius 1 is 0.926 bits per heavy atom. The Morgan fingerprint density at radius 3 is 2.41 bits per heavy atom. The Morgan fingerprint density at radius 2 is 1.67 bits per heavy atom. The third kappa shape index (κ3) is 4.67. The third-order valence-electron chi connectivity index (χ3n) is 3.80. The number of anilines is 2. The summed E-state index contributed by atoms with van der Waals surface area (Å²) in [5.41, 5.74) is 2.16. The standard InChI is InChI=1S/C20H17ClN2O3S/c1-14-6-4-8-16(12-14)22-20(24)15-7-5-9-17(13-15)27(25,26)23-19-11-3-2-10-18(19)21/h2-13,23H,1H3,(H,22,24). The number of hydrogen-bond acceptors (Lipinski definition) is 3. The minimum absolute atomic E-state index is 0.0284. The second-order valence-electron chi connectivity index (χ2n) is 5.94. The summed E-state index contributed by atoms with van der Waals surface area (Å²) in [5.74, 6) is -0.393. The van der Waals surface area contributed by atoms with Gasteiger partial charge in [-0.05, 0) is 55.0 Å². The van der Waals surface area contributed by atoms with E-state index in [1.165, 1.54) is 18.2 Å². The van der Waals surface area contributed by atoms with Gasteiger partial charge < -0.3 is 5.32 Å². The summed E-state index contributed by atoms with van der Waals surface area (Å²) >= 11 is 6.01. The molecule has 1 amide bonds. The van der Waals surface area contributed by atoms with Crippen molar-refractivity contribution < 1.29 is 13.2 Å². The predicted molar refractivity (Wildman–Crippen MR) is 108 cm³/mol. The van der Waals surface area contributed by atoms with Crippen molar-refractivity contribution in [1.82, 2.24) is 0 Å². The Hall–Kier alpha value is -2.83. The SMILES string of the molecule is Cc1cccc(NC(=O)c2cccc(S(=O)(=O)Nc3ccccc3Cl)c2)c1. The summed E-state index contributed by atoms with van der Waals surface area (Å²) in [6.45, 7) is 1.92. The van der Waals surface area contributed by atoms with E-state index in [1.807, 2.05) is 25.1 Å². The van der Waals surface area contributed by atoms with E-state index in [0.29, 0.717) is 5.69 Å². The predicted octanol–water partition coefficient (Wildman–Crippen LogP) is 4.70. The van der Waals surface area contributed by atoms with Gasteiger partial charge in [0.2, 0.25) is 0 Å². The van der Waals surface area contributed by atoms with Crippen molar-refractivity contribution in [3.8, 4) is 0 Å². The monoisotopic (exact) mass is 400 g/mol. The maximum atomic E-state index is 12.6. The van der Waals surface area contributed by atoms with Crippen LogP contribution in [0.3, 0.4) is 0 Å². The van der Waals surface area contributed by atoms with Gasteiger partial charge in [-0.25, -0.2) is 8.42 Å². The van der Waals surface area contributed by atoms with Gasteiger partial charge in [-0.3, -0.25) is 9.52 Å². The van der Waals surface area contributed by atoms with Crippen LogP contribution in [0.1, 0.15) is 15.9 Å². The molecule has 3 rings (SSSR count). The van der Waals surface area contributed by atoms with Crippen LogP contribution in [0, 0.1) is 6.92 Å². The fourth-order valence-corrected chi connectivity index (χ4v) is 3.84. The molecule has 0 aliphatic carbocycles. The molecule has 27 heavy (non-hydrogen) atoms. The number of carbonyl (C=O) groups is 1. The second-order valence-corrected chi connectivity index (χ2v) is 8.03. The number of halogens is 1. The number of para-hydroxylation sites is 1. The first kappa shape index (κ1) is 18.9. The second kappa shape index (κ2) is 7.82. The van der Waals surface area contributed by atoms with E-state index in [1.54, 1.807) is 36.4 Å². The van der Waals surface area contributed by atoms with Crippen LogP contribution in [0.15, 0.2) is 77.7 Å². The van der Waals surface area contributed by atoms with E-state index < -0.39 is 15.9 Å². The topological polar surface area (TPSA) is 75.3 Å². The molecular formula is C20H17ClN2O3S. The number of benzene rings is 3. The van der Waals surface area contributed by atoms with E-state index in [-0.39, 0.29) is 21.2 Å². The lowest BCUT2D eigenvalue weighted by atomic mass is 10.2. The van der Waals surface area contributed by atoms with Crippen molar-refractivity contribution in [3.05, 3.63) is 88.9 Å². The maximum Gasteiger partial charge on any atom is 0.261 e. The molecule has 2 N–H and O–H groups in total. The Bertz CT molecular complexity index is 1100. The molecule has 7 heteroatoms. The van der Waals surface area contributed by atoms with Crippen molar-refractivity contribution in [2.45, 2.75) is 11.8 Å². The maximum absolute atomic E-state index is 12.6. The van der Waals surface area contributed by atoms with Gasteiger partial charge in [0.05, 0.1) is 15.6 Å². The largest absolute Gasteiger partial charge is 0.322 e. The van der Waals surface area contributed by atoms with Crippen molar-refractivity contribution in [1.29, 1.82) is 0 Å². The zero-order chi connectivity index (χ0) is 19.4.